The molecule has 0 saturated carbocycles. The van der Waals surface area contributed by atoms with Gasteiger partial charge in [0.25, 0.3) is 5.91 Å². The molecule has 0 aliphatic carbocycles. The fraction of sp³-hybridized carbons (Fsp3) is 0.0500. The van der Waals surface area contributed by atoms with Crippen LogP contribution in [0, 0.1) is 20.7 Å². The van der Waals surface area contributed by atoms with Gasteiger partial charge in [0.1, 0.15) is 17.1 Å². The van der Waals surface area contributed by atoms with Crippen LogP contribution in [0.1, 0.15) is 21.5 Å². The van der Waals surface area contributed by atoms with Gasteiger partial charge in [0.15, 0.2) is 0 Å². The second-order valence-corrected chi connectivity index (χ2v) is 6.80. The molecule has 27 heavy (non-hydrogen) atoms. The first kappa shape index (κ1) is 18.8. The first-order chi connectivity index (χ1) is 13.0. The van der Waals surface area contributed by atoms with Crippen LogP contribution in [-0.2, 0) is 6.54 Å². The maximum absolute atomic E-state index is 13.0. The predicted molar refractivity (Wildman–Crippen MR) is 106 cm³/mol. The van der Waals surface area contributed by atoms with E-state index in [9.17, 15) is 9.18 Å². The highest BCUT2D eigenvalue weighted by atomic mass is 127. The van der Waals surface area contributed by atoms with E-state index in [1.54, 1.807) is 36.5 Å². The Bertz CT molecular complexity index is 999. The lowest BCUT2D eigenvalue weighted by atomic mass is 10.1. The fourth-order valence-electron chi connectivity index (χ4n) is 2.26. The lowest BCUT2D eigenvalue weighted by molar-refractivity contribution is 0.0948. The lowest BCUT2D eigenvalue weighted by Crippen LogP contribution is -2.23. The minimum Gasteiger partial charge on any atom is -0.438 e. The van der Waals surface area contributed by atoms with Crippen molar-refractivity contribution in [1.29, 1.82) is 5.26 Å². The van der Waals surface area contributed by atoms with Crippen molar-refractivity contribution >= 4 is 28.5 Å². The first-order valence-electron chi connectivity index (χ1n) is 7.91. The largest absolute Gasteiger partial charge is 0.438 e. The molecular formula is C20H13FIN3O2. The van der Waals surface area contributed by atoms with Crippen molar-refractivity contribution < 1.29 is 13.9 Å². The summed E-state index contributed by atoms with van der Waals surface area (Å²) in [5.41, 5.74) is 1.70. The maximum Gasteiger partial charge on any atom is 0.257 e. The molecule has 1 N–H and O–H groups in total. The average molecular weight is 473 g/mol. The number of nitriles is 1. The third kappa shape index (κ3) is 5.01. The molecule has 1 aromatic heterocycles. The van der Waals surface area contributed by atoms with E-state index in [1.165, 1.54) is 24.3 Å². The van der Waals surface area contributed by atoms with E-state index in [1.807, 2.05) is 6.07 Å². The Morgan fingerprint density at radius 2 is 1.89 bits per heavy atom. The minimum atomic E-state index is -0.377. The summed E-state index contributed by atoms with van der Waals surface area (Å²) in [6.07, 6.45) is 1.58. The summed E-state index contributed by atoms with van der Waals surface area (Å²) in [5.74, 6) is -0.202. The van der Waals surface area contributed by atoms with Crippen molar-refractivity contribution in [3.05, 3.63) is 86.9 Å². The van der Waals surface area contributed by atoms with E-state index in [2.05, 4.69) is 32.9 Å². The number of benzene rings is 2. The molecule has 1 amide bonds. The number of nitrogens with one attached hydrogen (secondary N) is 1. The highest BCUT2D eigenvalue weighted by molar-refractivity contribution is 14.1. The summed E-state index contributed by atoms with van der Waals surface area (Å²) < 4.78 is 19.5. The minimum absolute atomic E-state index is 0.138. The number of nitrogens with zero attached hydrogens (tertiary/aromatic N) is 2. The summed E-state index contributed by atoms with van der Waals surface area (Å²) in [6.45, 7) is 0.298. The first-order valence-corrected chi connectivity index (χ1v) is 8.99. The molecule has 0 spiro atoms. The highest BCUT2D eigenvalue weighted by Crippen LogP contribution is 2.24. The molecule has 2 aromatic carbocycles. The molecule has 0 bridgehead atoms. The number of carbonyl (C=O) groups is 1. The van der Waals surface area contributed by atoms with Crippen LogP contribution >= 0.6 is 22.6 Å². The van der Waals surface area contributed by atoms with E-state index < -0.39 is 0 Å². The second kappa shape index (κ2) is 8.60. The average Bonchev–Trinajstić information content (AvgIpc) is 2.69. The van der Waals surface area contributed by atoms with Crippen molar-refractivity contribution in [3.63, 3.8) is 0 Å². The molecule has 0 fully saturated rings. The molecule has 0 aliphatic heterocycles. The second-order valence-electron chi connectivity index (χ2n) is 5.55. The molecular weight excluding hydrogens is 460 g/mol. The molecule has 0 atom stereocenters. The van der Waals surface area contributed by atoms with Gasteiger partial charge in [0, 0.05) is 16.3 Å². The Balaban J connectivity index is 1.75. The molecule has 5 nitrogen and oxygen atoms in total. The number of pyridine rings is 1. The van der Waals surface area contributed by atoms with Crippen LogP contribution in [0.3, 0.4) is 0 Å². The summed E-state index contributed by atoms with van der Waals surface area (Å²) >= 11 is 2.06. The zero-order valence-corrected chi connectivity index (χ0v) is 16.1. The number of hydrogen-bond acceptors (Lipinski definition) is 4. The highest BCUT2D eigenvalue weighted by Gasteiger charge is 2.15. The molecule has 1 heterocycles. The van der Waals surface area contributed by atoms with Crippen LogP contribution in [0.5, 0.6) is 11.6 Å². The smallest absolute Gasteiger partial charge is 0.257 e. The summed E-state index contributed by atoms with van der Waals surface area (Å²) in [4.78, 5) is 16.8. The summed E-state index contributed by atoms with van der Waals surface area (Å²) in [5, 5.41) is 11.6. The molecule has 134 valence electrons. The molecule has 3 aromatic rings. The lowest BCUT2D eigenvalue weighted by Gasteiger charge is -2.11. The Morgan fingerprint density at radius 1 is 1.19 bits per heavy atom. The molecule has 3 rings (SSSR count). The maximum atomic E-state index is 13.0. The standard InChI is InChI=1S/C20H13FIN3O2/c21-15-5-7-17(8-6-15)27-20-18(9-16(22)12-25-20)19(26)24-11-14-3-1-13(10-23)2-4-14/h1-9,12H,11H2,(H,24,26). The van der Waals surface area contributed by atoms with Crippen molar-refractivity contribution in [2.75, 3.05) is 0 Å². The van der Waals surface area contributed by atoms with Crippen LogP contribution in [0.4, 0.5) is 4.39 Å². The van der Waals surface area contributed by atoms with E-state index in [4.69, 9.17) is 10.00 Å². The topological polar surface area (TPSA) is 75.0 Å². The normalized spacial score (nSPS) is 10.1. The number of aromatic nitrogens is 1. The third-order valence-electron chi connectivity index (χ3n) is 3.63. The SMILES string of the molecule is N#Cc1ccc(CNC(=O)c2cc(I)cnc2Oc2ccc(F)cc2)cc1. The Morgan fingerprint density at radius 3 is 2.56 bits per heavy atom. The molecule has 0 aliphatic rings. The van der Waals surface area contributed by atoms with Crippen molar-refractivity contribution in [2.45, 2.75) is 6.54 Å². The zero-order valence-electron chi connectivity index (χ0n) is 13.9. The van der Waals surface area contributed by atoms with E-state index in [-0.39, 0.29) is 23.2 Å². The Kier molecular flexibility index (Phi) is 5.98. The number of amides is 1. The van der Waals surface area contributed by atoms with Gasteiger partial charge in [0.05, 0.1) is 11.6 Å². The quantitative estimate of drug-likeness (QED) is 0.557. The van der Waals surface area contributed by atoms with Gasteiger partial charge in [-0.3, -0.25) is 4.79 Å². The van der Waals surface area contributed by atoms with Crippen LogP contribution in [-0.4, -0.2) is 10.9 Å². The van der Waals surface area contributed by atoms with Crippen molar-refractivity contribution in [2.24, 2.45) is 0 Å². The van der Waals surface area contributed by atoms with Gasteiger partial charge in [-0.25, -0.2) is 9.37 Å². The van der Waals surface area contributed by atoms with Gasteiger partial charge >= 0.3 is 0 Å². The predicted octanol–water partition coefficient (Wildman–Crippen LogP) is 4.42. The van der Waals surface area contributed by atoms with Gasteiger partial charge in [-0.15, -0.1) is 0 Å². The van der Waals surface area contributed by atoms with Gasteiger partial charge in [-0.2, -0.15) is 5.26 Å². The van der Waals surface area contributed by atoms with Crippen molar-refractivity contribution in [1.82, 2.24) is 10.3 Å². The van der Waals surface area contributed by atoms with Crippen LogP contribution in [0.2, 0.25) is 0 Å². The number of carbonyl (C=O) groups excluding carboxylic acids is 1. The Labute approximate surface area is 169 Å². The Hall–Kier alpha value is -2.99. The van der Waals surface area contributed by atoms with Gasteiger partial charge < -0.3 is 10.1 Å². The molecule has 0 radical (unpaired) electrons. The zero-order chi connectivity index (χ0) is 19.2. The van der Waals surface area contributed by atoms with Crippen molar-refractivity contribution in [3.8, 4) is 17.7 Å². The van der Waals surface area contributed by atoms with Crippen LogP contribution in [0.25, 0.3) is 0 Å². The monoisotopic (exact) mass is 473 g/mol. The number of halogens is 2. The number of hydrogen-bond donors (Lipinski definition) is 1. The molecule has 0 saturated heterocycles. The third-order valence-corrected chi connectivity index (χ3v) is 4.22. The van der Waals surface area contributed by atoms with Gasteiger partial charge in [-0.05, 0) is 70.6 Å². The van der Waals surface area contributed by atoms with E-state index >= 15 is 0 Å². The molecule has 7 heteroatoms. The van der Waals surface area contributed by atoms with Gasteiger partial charge in [0.2, 0.25) is 5.88 Å². The van der Waals surface area contributed by atoms with Gasteiger partial charge in [-0.1, -0.05) is 12.1 Å². The molecule has 0 unspecified atom stereocenters. The fourth-order valence-corrected chi connectivity index (χ4v) is 2.71. The van der Waals surface area contributed by atoms with E-state index in [0.717, 1.165) is 9.13 Å². The number of ether oxygens (including phenoxy) is 1. The summed E-state index contributed by atoms with van der Waals surface area (Å²) in [6, 6.07) is 16.1. The van der Waals surface area contributed by atoms with Crippen LogP contribution < -0.4 is 10.1 Å². The van der Waals surface area contributed by atoms with E-state index in [0.29, 0.717) is 17.9 Å². The van der Waals surface area contributed by atoms with Crippen LogP contribution in [0.15, 0.2) is 60.8 Å². The summed E-state index contributed by atoms with van der Waals surface area (Å²) in [7, 11) is 0. The number of rotatable bonds is 5.